The number of hydrogen-bond acceptors (Lipinski definition) is 4. The van der Waals surface area contributed by atoms with Gasteiger partial charge in [0.2, 0.25) is 0 Å². The first kappa shape index (κ1) is 19.3. The summed E-state index contributed by atoms with van der Waals surface area (Å²) < 4.78 is 14.7. The van der Waals surface area contributed by atoms with Gasteiger partial charge in [-0.25, -0.2) is 14.5 Å². The zero-order chi connectivity index (χ0) is 20.5. The third kappa shape index (κ3) is 4.06. The van der Waals surface area contributed by atoms with E-state index in [-0.39, 0.29) is 17.8 Å². The highest BCUT2D eigenvalue weighted by Crippen LogP contribution is 2.32. The lowest BCUT2D eigenvalue weighted by molar-refractivity contribution is 0.102. The normalized spacial score (nSPS) is 18.8. The van der Waals surface area contributed by atoms with Gasteiger partial charge in [0.15, 0.2) is 0 Å². The van der Waals surface area contributed by atoms with Crippen LogP contribution in [0, 0.1) is 19.7 Å². The standard InChI is InChI=1S/C22H24FN5O/c1-13-8-14(2)21(19(9-13)20-10-15(3)26-27-20)25-22(29)16-11-24-28(12-16)18-6-4-17(23)5-7-18/h4-9,11-12,15,20,26-27H,10H2,1-3H3,(H,25,29). The molecule has 1 amide bonds. The predicted molar refractivity (Wildman–Crippen MR) is 110 cm³/mol. The van der Waals surface area contributed by atoms with Gasteiger partial charge in [-0.1, -0.05) is 17.7 Å². The predicted octanol–water partition coefficient (Wildman–Crippen LogP) is 3.81. The first-order valence-electron chi connectivity index (χ1n) is 9.65. The molecule has 0 spiro atoms. The van der Waals surface area contributed by atoms with Crippen molar-refractivity contribution >= 4 is 11.6 Å². The second-order valence-electron chi connectivity index (χ2n) is 7.63. The molecule has 7 heteroatoms. The van der Waals surface area contributed by atoms with Crippen LogP contribution in [0.25, 0.3) is 5.69 Å². The van der Waals surface area contributed by atoms with Crippen LogP contribution < -0.4 is 16.2 Å². The highest BCUT2D eigenvalue weighted by Gasteiger charge is 2.26. The molecular weight excluding hydrogens is 369 g/mol. The molecule has 29 heavy (non-hydrogen) atoms. The van der Waals surface area contributed by atoms with E-state index < -0.39 is 0 Å². The Labute approximate surface area is 169 Å². The Balaban J connectivity index is 1.59. The van der Waals surface area contributed by atoms with Crippen LogP contribution in [0.4, 0.5) is 10.1 Å². The second-order valence-corrected chi connectivity index (χ2v) is 7.63. The molecule has 3 N–H and O–H groups in total. The molecule has 1 fully saturated rings. The van der Waals surface area contributed by atoms with Gasteiger partial charge >= 0.3 is 0 Å². The average Bonchev–Trinajstić information content (AvgIpc) is 3.33. The van der Waals surface area contributed by atoms with Gasteiger partial charge in [0, 0.05) is 24.0 Å². The second kappa shape index (κ2) is 7.77. The summed E-state index contributed by atoms with van der Waals surface area (Å²) in [5.74, 6) is -0.545. The summed E-state index contributed by atoms with van der Waals surface area (Å²) in [6.07, 6.45) is 4.09. The zero-order valence-corrected chi connectivity index (χ0v) is 16.7. The molecule has 0 aliphatic carbocycles. The number of halogens is 1. The van der Waals surface area contributed by atoms with Crippen molar-refractivity contribution in [2.75, 3.05) is 5.32 Å². The van der Waals surface area contributed by atoms with Crippen LogP contribution in [0.2, 0.25) is 0 Å². The van der Waals surface area contributed by atoms with E-state index in [4.69, 9.17) is 0 Å². The summed E-state index contributed by atoms with van der Waals surface area (Å²) in [5, 5.41) is 7.30. The van der Waals surface area contributed by atoms with Crippen molar-refractivity contribution in [3.05, 3.63) is 76.9 Å². The number of benzene rings is 2. The van der Waals surface area contributed by atoms with Crippen LogP contribution in [-0.4, -0.2) is 21.7 Å². The Kier molecular flexibility index (Phi) is 5.17. The SMILES string of the molecule is Cc1cc(C)c(NC(=O)c2cnn(-c3ccc(F)cc3)c2)c(C2CC(C)NN2)c1. The van der Waals surface area contributed by atoms with Crippen molar-refractivity contribution in [2.24, 2.45) is 0 Å². The Bertz CT molecular complexity index is 1040. The number of anilines is 1. The monoisotopic (exact) mass is 393 g/mol. The van der Waals surface area contributed by atoms with E-state index in [1.54, 1.807) is 23.0 Å². The van der Waals surface area contributed by atoms with E-state index in [1.807, 2.05) is 6.92 Å². The van der Waals surface area contributed by atoms with E-state index >= 15 is 0 Å². The molecule has 6 nitrogen and oxygen atoms in total. The van der Waals surface area contributed by atoms with Crippen molar-refractivity contribution in [3.8, 4) is 5.69 Å². The average molecular weight is 393 g/mol. The van der Waals surface area contributed by atoms with Crippen LogP contribution in [0.1, 0.15) is 46.4 Å². The molecule has 2 heterocycles. The van der Waals surface area contributed by atoms with E-state index in [1.165, 1.54) is 18.3 Å². The van der Waals surface area contributed by atoms with E-state index in [0.29, 0.717) is 17.3 Å². The molecule has 1 saturated heterocycles. The quantitative estimate of drug-likeness (QED) is 0.630. The maximum absolute atomic E-state index is 13.1. The highest BCUT2D eigenvalue weighted by atomic mass is 19.1. The molecule has 150 valence electrons. The summed E-state index contributed by atoms with van der Waals surface area (Å²) in [4.78, 5) is 12.9. The van der Waals surface area contributed by atoms with Gasteiger partial charge in [-0.3, -0.25) is 10.2 Å². The Hall–Kier alpha value is -3.03. The van der Waals surface area contributed by atoms with E-state index in [0.717, 1.165) is 28.8 Å². The first-order valence-corrected chi connectivity index (χ1v) is 9.65. The van der Waals surface area contributed by atoms with Gasteiger partial charge in [0.05, 0.1) is 17.4 Å². The van der Waals surface area contributed by atoms with Crippen LogP contribution in [0.15, 0.2) is 48.8 Å². The third-order valence-electron chi connectivity index (χ3n) is 5.15. The number of nitrogens with one attached hydrogen (secondary N) is 3. The lowest BCUT2D eigenvalue weighted by atomic mass is 9.95. The lowest BCUT2D eigenvalue weighted by Gasteiger charge is -2.19. The number of hydrazine groups is 1. The summed E-state index contributed by atoms with van der Waals surface area (Å²) in [5.41, 5.74) is 11.7. The van der Waals surface area contributed by atoms with Gasteiger partial charge in [-0.05, 0) is 62.6 Å². The Morgan fingerprint density at radius 2 is 1.97 bits per heavy atom. The van der Waals surface area contributed by atoms with Crippen LogP contribution in [0.5, 0.6) is 0 Å². The maximum Gasteiger partial charge on any atom is 0.258 e. The maximum atomic E-state index is 13.1. The number of carbonyl (C=O) groups excluding carboxylic acids is 1. The topological polar surface area (TPSA) is 71.0 Å². The fourth-order valence-corrected chi connectivity index (χ4v) is 3.73. The molecule has 3 aromatic rings. The summed E-state index contributed by atoms with van der Waals surface area (Å²) >= 11 is 0. The number of aromatic nitrogens is 2. The van der Waals surface area contributed by atoms with Crippen LogP contribution in [-0.2, 0) is 0 Å². The van der Waals surface area contributed by atoms with Gasteiger partial charge in [-0.15, -0.1) is 0 Å². The highest BCUT2D eigenvalue weighted by molar-refractivity contribution is 6.05. The van der Waals surface area contributed by atoms with Crippen molar-refractivity contribution in [1.29, 1.82) is 0 Å². The number of nitrogens with zero attached hydrogens (tertiary/aromatic N) is 2. The largest absolute Gasteiger partial charge is 0.321 e. The Morgan fingerprint density at radius 1 is 1.21 bits per heavy atom. The molecule has 4 rings (SSSR count). The molecule has 1 aliphatic heterocycles. The third-order valence-corrected chi connectivity index (χ3v) is 5.15. The minimum Gasteiger partial charge on any atom is -0.321 e. The fraction of sp³-hybridized carbons (Fsp3) is 0.273. The van der Waals surface area contributed by atoms with Gasteiger partial charge in [0.1, 0.15) is 5.82 Å². The zero-order valence-electron chi connectivity index (χ0n) is 16.7. The van der Waals surface area contributed by atoms with Gasteiger partial charge < -0.3 is 5.32 Å². The summed E-state index contributed by atoms with van der Waals surface area (Å²) in [7, 11) is 0. The van der Waals surface area contributed by atoms with E-state index in [9.17, 15) is 9.18 Å². The number of carbonyl (C=O) groups is 1. The number of amides is 1. The first-order chi connectivity index (χ1) is 13.9. The van der Waals surface area contributed by atoms with Crippen molar-refractivity contribution in [3.63, 3.8) is 0 Å². The molecule has 2 atom stereocenters. The molecule has 2 aromatic carbocycles. The minimum absolute atomic E-state index is 0.126. The smallest absolute Gasteiger partial charge is 0.258 e. The minimum atomic E-state index is -0.314. The molecule has 1 aromatic heterocycles. The van der Waals surface area contributed by atoms with Crippen LogP contribution in [0.3, 0.4) is 0 Å². The molecule has 2 unspecified atom stereocenters. The molecule has 1 aliphatic rings. The molecular formula is C22H24FN5O. The van der Waals surface area contributed by atoms with Crippen molar-refractivity contribution in [1.82, 2.24) is 20.6 Å². The van der Waals surface area contributed by atoms with Crippen molar-refractivity contribution < 1.29 is 9.18 Å². The van der Waals surface area contributed by atoms with Gasteiger partial charge in [0.25, 0.3) is 5.91 Å². The van der Waals surface area contributed by atoms with Crippen LogP contribution >= 0.6 is 0 Å². The molecule has 0 saturated carbocycles. The Morgan fingerprint density at radius 3 is 2.66 bits per heavy atom. The summed E-state index contributed by atoms with van der Waals surface area (Å²) in [6, 6.07) is 10.6. The number of hydrogen-bond donors (Lipinski definition) is 3. The lowest BCUT2D eigenvalue weighted by Crippen LogP contribution is -2.29. The molecule has 0 radical (unpaired) electrons. The van der Waals surface area contributed by atoms with Crippen molar-refractivity contribution in [2.45, 2.75) is 39.3 Å². The van der Waals surface area contributed by atoms with Gasteiger partial charge in [-0.2, -0.15) is 5.10 Å². The fourth-order valence-electron chi connectivity index (χ4n) is 3.73. The number of rotatable bonds is 4. The van der Waals surface area contributed by atoms with E-state index in [2.05, 4.69) is 47.2 Å². The number of aryl methyl sites for hydroxylation is 2. The summed E-state index contributed by atoms with van der Waals surface area (Å²) in [6.45, 7) is 6.18. The molecule has 0 bridgehead atoms.